The van der Waals surface area contributed by atoms with E-state index < -0.39 is 34.1 Å². The lowest BCUT2D eigenvalue weighted by Crippen LogP contribution is -2.71. The molecule has 2 aliphatic rings. The first-order chi connectivity index (χ1) is 18.7. The summed E-state index contributed by atoms with van der Waals surface area (Å²) in [5.41, 5.74) is 0.0911. The molecule has 0 bridgehead atoms. The highest BCUT2D eigenvalue weighted by molar-refractivity contribution is 8.00. The zero-order valence-corrected chi connectivity index (χ0v) is 21.6. The first kappa shape index (κ1) is 27.5. The molecule has 39 heavy (non-hydrogen) atoms. The van der Waals surface area contributed by atoms with Crippen LogP contribution in [-0.4, -0.2) is 69.0 Å². The highest BCUT2D eigenvalue weighted by Gasteiger charge is 2.54. The van der Waals surface area contributed by atoms with Gasteiger partial charge in [-0.3, -0.25) is 29.4 Å². The number of nitrogens with one attached hydrogen (secondary N) is 2. The van der Waals surface area contributed by atoms with Crippen molar-refractivity contribution < 1.29 is 33.7 Å². The molecule has 2 atom stereocenters. The molecule has 14 nitrogen and oxygen atoms in total. The van der Waals surface area contributed by atoms with Crippen LogP contribution in [0.4, 0.5) is 11.5 Å². The number of nitrogens with zero attached hydrogens (tertiary/aromatic N) is 4. The normalized spacial score (nSPS) is 18.5. The van der Waals surface area contributed by atoms with Crippen LogP contribution in [0.3, 0.4) is 0 Å². The van der Waals surface area contributed by atoms with Gasteiger partial charge in [-0.1, -0.05) is 22.8 Å². The average Bonchev–Trinajstić information content (AvgIpc) is 2.93. The number of β-lactam (4-membered cyclic amide) rings is 1. The molecule has 1 aromatic heterocycles. The fourth-order valence-electron chi connectivity index (χ4n) is 3.72. The average molecular weight is 575 g/mol. The van der Waals surface area contributed by atoms with Crippen LogP contribution in [0.25, 0.3) is 0 Å². The van der Waals surface area contributed by atoms with E-state index in [1.165, 1.54) is 55.3 Å². The van der Waals surface area contributed by atoms with Crippen LogP contribution in [-0.2, 0) is 35.4 Å². The molecule has 16 heteroatoms. The Balaban J connectivity index is 1.44. The lowest BCUT2D eigenvalue weighted by atomic mass is 10.0. The number of rotatable bonds is 10. The molecule has 1 unspecified atom stereocenters. The number of hydrogen-bond donors (Lipinski definition) is 2. The lowest BCUT2D eigenvalue weighted by molar-refractivity contribution is -0.384. The molecule has 4 rings (SSSR count). The summed E-state index contributed by atoms with van der Waals surface area (Å²) in [6, 6.07) is 8.95. The number of thioether (sulfide) groups is 1. The largest absolute Gasteiger partial charge is 0.456 e. The predicted molar refractivity (Wildman–Crippen MR) is 138 cm³/mol. The highest BCUT2D eigenvalue weighted by Crippen LogP contribution is 2.41. The number of carbonyl (C=O) groups excluding carboxylic acids is 4. The van der Waals surface area contributed by atoms with Gasteiger partial charge in [-0.05, 0) is 29.8 Å². The molecular formula is C23H19ClN6O8S. The topological polar surface area (TPSA) is 182 Å². The van der Waals surface area contributed by atoms with E-state index in [0.29, 0.717) is 12.0 Å². The summed E-state index contributed by atoms with van der Waals surface area (Å²) < 4.78 is 5.30. The summed E-state index contributed by atoms with van der Waals surface area (Å²) in [6.07, 6.45) is 0.425. The Morgan fingerprint density at radius 1 is 1.31 bits per heavy atom. The maximum Gasteiger partial charge on any atom is 0.356 e. The van der Waals surface area contributed by atoms with Crippen LogP contribution in [0.2, 0.25) is 0 Å². The summed E-state index contributed by atoms with van der Waals surface area (Å²) in [5, 5.41) is 18.9. The van der Waals surface area contributed by atoms with Gasteiger partial charge >= 0.3 is 5.97 Å². The van der Waals surface area contributed by atoms with Gasteiger partial charge < -0.3 is 20.2 Å². The Bertz CT molecular complexity index is 1400. The molecule has 0 spiro atoms. The molecule has 2 aliphatic heterocycles. The number of non-ortho nitro benzene ring substituents is 1. The van der Waals surface area contributed by atoms with Gasteiger partial charge in [0, 0.05) is 17.9 Å². The molecule has 0 radical (unpaired) electrons. The van der Waals surface area contributed by atoms with E-state index in [1.807, 2.05) is 0 Å². The number of halogens is 1. The first-order valence-corrected chi connectivity index (χ1v) is 12.5. The van der Waals surface area contributed by atoms with Crippen molar-refractivity contribution in [2.24, 2.45) is 5.16 Å². The molecule has 2 aromatic rings. The Morgan fingerprint density at radius 2 is 2.05 bits per heavy atom. The fourth-order valence-corrected chi connectivity index (χ4v) is 5.26. The summed E-state index contributed by atoms with van der Waals surface area (Å²) >= 11 is 7.51. The van der Waals surface area contributed by atoms with Crippen LogP contribution in [0.5, 0.6) is 0 Å². The number of aromatic nitrogens is 1. The molecule has 3 heterocycles. The number of nitro benzene ring substituents is 1. The van der Waals surface area contributed by atoms with Gasteiger partial charge in [0.25, 0.3) is 17.5 Å². The third kappa shape index (κ3) is 5.83. The lowest BCUT2D eigenvalue weighted by Gasteiger charge is -2.49. The summed E-state index contributed by atoms with van der Waals surface area (Å²) in [7, 11) is 1.23. The van der Waals surface area contributed by atoms with E-state index in [0.717, 1.165) is 4.90 Å². The van der Waals surface area contributed by atoms with E-state index in [9.17, 15) is 29.3 Å². The fraction of sp³-hybridized carbons (Fsp3) is 0.217. The Hall–Kier alpha value is -4.50. The van der Waals surface area contributed by atoms with Gasteiger partial charge in [-0.2, -0.15) is 0 Å². The number of fused-ring (bicyclic) bond motifs is 1. The number of amides is 3. The van der Waals surface area contributed by atoms with Crippen LogP contribution < -0.4 is 10.6 Å². The molecule has 1 fully saturated rings. The van der Waals surface area contributed by atoms with Crippen molar-refractivity contribution in [2.45, 2.75) is 18.0 Å². The van der Waals surface area contributed by atoms with E-state index in [-0.39, 0.29) is 46.0 Å². The van der Waals surface area contributed by atoms with Crippen LogP contribution >= 0.6 is 23.4 Å². The maximum atomic E-state index is 13.0. The third-order valence-corrected chi connectivity index (χ3v) is 7.27. The highest BCUT2D eigenvalue weighted by atomic mass is 35.5. The molecule has 0 saturated carbocycles. The van der Waals surface area contributed by atoms with E-state index >= 15 is 0 Å². The standard InChI is InChI=1S/C23H19ClN6O8S/c1-37-28-17(15-3-2-4-16(26-15)25-11-31)20(32)27-18-21(33)29-19(14(24)10-39-22(18)29)23(34)38-9-12-5-7-13(8-6-12)30(35)36/h2-8,11,18,22H,9-10H2,1H3,(H,27,32)(H,25,26,31)/b28-17-/t18?,22-/m1/s1. The number of esters is 1. The van der Waals surface area contributed by atoms with Crippen molar-refractivity contribution in [2.75, 3.05) is 18.2 Å². The molecule has 1 saturated heterocycles. The molecule has 202 valence electrons. The Morgan fingerprint density at radius 3 is 2.72 bits per heavy atom. The quantitative estimate of drug-likeness (QED) is 0.105. The minimum Gasteiger partial charge on any atom is -0.456 e. The summed E-state index contributed by atoms with van der Waals surface area (Å²) in [5.74, 6) is -1.86. The maximum absolute atomic E-state index is 13.0. The van der Waals surface area contributed by atoms with E-state index in [2.05, 4.69) is 20.8 Å². The van der Waals surface area contributed by atoms with Crippen molar-refractivity contribution in [3.05, 3.63) is 74.6 Å². The molecule has 0 aliphatic carbocycles. The number of carbonyl (C=O) groups is 4. The Kier molecular flexibility index (Phi) is 8.41. The third-order valence-electron chi connectivity index (χ3n) is 5.51. The number of nitro groups is 1. The number of hydrogen-bond acceptors (Lipinski definition) is 11. The van der Waals surface area contributed by atoms with Crippen molar-refractivity contribution in [3.63, 3.8) is 0 Å². The zero-order valence-electron chi connectivity index (χ0n) is 20.0. The zero-order chi connectivity index (χ0) is 28.1. The number of benzene rings is 1. The number of ether oxygens (including phenoxy) is 1. The van der Waals surface area contributed by atoms with Gasteiger partial charge in [0.15, 0.2) is 5.71 Å². The van der Waals surface area contributed by atoms with Crippen LogP contribution in [0, 0.1) is 10.1 Å². The van der Waals surface area contributed by atoms with Crippen molar-refractivity contribution in [3.8, 4) is 0 Å². The Labute approximate surface area is 229 Å². The van der Waals surface area contributed by atoms with Gasteiger partial charge in [0.2, 0.25) is 6.41 Å². The van der Waals surface area contributed by atoms with Gasteiger partial charge in [-0.15, -0.1) is 11.8 Å². The molecule has 2 N–H and O–H groups in total. The SMILES string of the molecule is CO/N=C(\C(=O)NC1C(=O)N2C(C(=O)OCc3ccc([N+](=O)[O-])cc3)=C(Cl)CS[C@H]12)c1cccc(NC=O)n1. The monoisotopic (exact) mass is 574 g/mol. The molecular weight excluding hydrogens is 556 g/mol. The van der Waals surface area contributed by atoms with Crippen LogP contribution in [0.1, 0.15) is 11.3 Å². The van der Waals surface area contributed by atoms with Crippen molar-refractivity contribution in [1.29, 1.82) is 0 Å². The second kappa shape index (κ2) is 11.9. The van der Waals surface area contributed by atoms with E-state index in [1.54, 1.807) is 6.07 Å². The van der Waals surface area contributed by atoms with E-state index in [4.69, 9.17) is 21.2 Å². The number of pyridine rings is 1. The molecule has 1 aromatic carbocycles. The summed E-state index contributed by atoms with van der Waals surface area (Å²) in [4.78, 5) is 69.9. The number of oxime groups is 1. The number of anilines is 1. The molecule has 3 amide bonds. The predicted octanol–water partition coefficient (Wildman–Crippen LogP) is 1.50. The van der Waals surface area contributed by atoms with Crippen molar-refractivity contribution >= 4 is 64.8 Å². The first-order valence-electron chi connectivity index (χ1n) is 11.1. The van der Waals surface area contributed by atoms with Gasteiger partial charge in [0.1, 0.15) is 42.3 Å². The van der Waals surface area contributed by atoms with Crippen molar-refractivity contribution in [1.82, 2.24) is 15.2 Å². The minimum absolute atomic E-state index is 0.0829. The van der Waals surface area contributed by atoms with Gasteiger partial charge in [-0.25, -0.2) is 9.78 Å². The van der Waals surface area contributed by atoms with Gasteiger partial charge in [0.05, 0.1) is 9.96 Å². The minimum atomic E-state index is -1.01. The smallest absolute Gasteiger partial charge is 0.356 e. The second-order valence-electron chi connectivity index (χ2n) is 7.91. The summed E-state index contributed by atoms with van der Waals surface area (Å²) in [6.45, 7) is -0.202. The van der Waals surface area contributed by atoms with Crippen LogP contribution in [0.15, 0.2) is 58.3 Å². The second-order valence-corrected chi connectivity index (χ2v) is 9.47.